The normalized spacial score (nSPS) is 11.8. The van der Waals surface area contributed by atoms with Gasteiger partial charge in [0.15, 0.2) is 0 Å². The summed E-state index contributed by atoms with van der Waals surface area (Å²) >= 11 is 0. The van der Waals surface area contributed by atoms with Gasteiger partial charge >= 0.3 is 0 Å². The molecule has 0 heterocycles. The number of amides is 2. The lowest BCUT2D eigenvalue weighted by Crippen LogP contribution is -2.31. The van der Waals surface area contributed by atoms with E-state index in [4.69, 9.17) is 0 Å². The van der Waals surface area contributed by atoms with Crippen molar-refractivity contribution in [2.24, 2.45) is 0 Å². The van der Waals surface area contributed by atoms with Crippen molar-refractivity contribution in [1.82, 2.24) is 15.3 Å². The van der Waals surface area contributed by atoms with E-state index in [0.29, 0.717) is 30.9 Å². The lowest BCUT2D eigenvalue weighted by atomic mass is 10.1. The number of carbonyl (C=O) groups excluding carboxylic acids is 2. The molecule has 0 spiro atoms. The van der Waals surface area contributed by atoms with Crippen LogP contribution in [-0.2, 0) is 9.59 Å². The average molecular weight is 689 g/mol. The van der Waals surface area contributed by atoms with E-state index in [1.807, 2.05) is 7.05 Å². The number of rotatable bonds is 38. The average Bonchev–Trinajstić information content (AvgIpc) is 3.09. The molecule has 49 heavy (non-hydrogen) atoms. The Kier molecular flexibility index (Phi) is 37.8. The third-order valence-electron chi connectivity index (χ3n) is 9.54. The molecule has 6 heteroatoms. The van der Waals surface area contributed by atoms with Crippen LogP contribution in [0.15, 0.2) is 24.3 Å². The fraction of sp³-hybridized carbons (Fsp3) is 0.860. The second-order valence-corrected chi connectivity index (χ2v) is 14.5. The number of nitrogens with zero attached hydrogens (tertiary/aromatic N) is 2. The first-order chi connectivity index (χ1) is 24.0. The standard InChI is InChI=1S/C43H82N3O3/c1-4-6-8-10-12-14-16-18-20-22-24-26-28-30-32-36-42(47)44-38-34-39-45(3)40-35-41-46(49)43(48)37-33-31-29-27-25-23-21-19-17-15-13-11-9-7-5-2/h18-21H,4-17,22-41H2,1-3H3,(H,44,47)/q-1/b20-18+,21-19+. The summed E-state index contributed by atoms with van der Waals surface area (Å²) in [5.41, 5.74) is 0. The summed E-state index contributed by atoms with van der Waals surface area (Å²) in [7, 11) is 2.04. The molecule has 0 saturated carbocycles. The van der Waals surface area contributed by atoms with Crippen molar-refractivity contribution in [3.63, 3.8) is 0 Å². The zero-order chi connectivity index (χ0) is 35.9. The number of unbranched alkanes of at least 4 members (excludes halogenated alkanes) is 22. The number of hydrogen-bond acceptors (Lipinski definition) is 4. The summed E-state index contributed by atoms with van der Waals surface area (Å²) in [6, 6.07) is 0. The molecule has 0 radical (unpaired) electrons. The third kappa shape index (κ3) is 37.4. The second-order valence-electron chi connectivity index (χ2n) is 14.5. The molecule has 288 valence electrons. The maximum atomic E-state index is 12.2. The quantitative estimate of drug-likeness (QED) is 0.0398. The lowest BCUT2D eigenvalue weighted by Gasteiger charge is -2.29. The van der Waals surface area contributed by atoms with Gasteiger partial charge in [0.2, 0.25) is 11.8 Å². The number of allylic oxidation sites excluding steroid dienone is 4. The maximum Gasteiger partial charge on any atom is 0.219 e. The first kappa shape index (κ1) is 47.3. The van der Waals surface area contributed by atoms with Crippen LogP contribution >= 0.6 is 0 Å². The fourth-order valence-corrected chi connectivity index (χ4v) is 6.21. The van der Waals surface area contributed by atoms with E-state index in [1.165, 1.54) is 128 Å². The van der Waals surface area contributed by atoms with Gasteiger partial charge in [0, 0.05) is 25.9 Å². The summed E-state index contributed by atoms with van der Waals surface area (Å²) in [5.74, 6) is -0.110. The van der Waals surface area contributed by atoms with Crippen molar-refractivity contribution in [3.05, 3.63) is 29.5 Å². The number of nitrogens with one attached hydrogen (secondary N) is 1. The Labute approximate surface area is 305 Å². The van der Waals surface area contributed by atoms with E-state index in [0.717, 1.165) is 58.0 Å². The Bertz CT molecular complexity index is 769. The van der Waals surface area contributed by atoms with Crippen molar-refractivity contribution in [1.29, 1.82) is 0 Å². The molecule has 0 fully saturated rings. The molecule has 0 aromatic carbocycles. The van der Waals surface area contributed by atoms with Crippen molar-refractivity contribution in [3.8, 4) is 0 Å². The Hall–Kier alpha value is -1.66. The van der Waals surface area contributed by atoms with E-state index in [2.05, 4.69) is 48.4 Å². The van der Waals surface area contributed by atoms with E-state index in [1.54, 1.807) is 0 Å². The van der Waals surface area contributed by atoms with Crippen LogP contribution < -0.4 is 5.32 Å². The Balaban J connectivity index is 3.51. The van der Waals surface area contributed by atoms with Crippen molar-refractivity contribution in [2.75, 3.05) is 33.2 Å². The van der Waals surface area contributed by atoms with Gasteiger partial charge in [0.05, 0.1) is 0 Å². The van der Waals surface area contributed by atoms with Gasteiger partial charge in [-0.05, 0) is 97.2 Å². The first-order valence-corrected chi connectivity index (χ1v) is 21.2. The second kappa shape index (κ2) is 39.1. The predicted octanol–water partition coefficient (Wildman–Crippen LogP) is 12.2. The van der Waals surface area contributed by atoms with Crippen LogP contribution in [0.3, 0.4) is 0 Å². The molecule has 0 rings (SSSR count). The van der Waals surface area contributed by atoms with Gasteiger partial charge in [-0.1, -0.05) is 141 Å². The monoisotopic (exact) mass is 689 g/mol. The van der Waals surface area contributed by atoms with E-state index < -0.39 is 0 Å². The molecule has 1 N–H and O–H groups in total. The van der Waals surface area contributed by atoms with Gasteiger partial charge in [-0.15, -0.1) is 0 Å². The summed E-state index contributed by atoms with van der Waals surface area (Å²) in [5, 5.41) is 15.9. The Morgan fingerprint density at radius 3 is 1.35 bits per heavy atom. The van der Waals surface area contributed by atoms with Gasteiger partial charge in [-0.25, -0.2) is 0 Å². The van der Waals surface area contributed by atoms with E-state index in [9.17, 15) is 14.8 Å². The highest BCUT2D eigenvalue weighted by Gasteiger charge is 2.06. The van der Waals surface area contributed by atoms with Gasteiger partial charge in [0.1, 0.15) is 0 Å². The minimum Gasteiger partial charge on any atom is -0.756 e. The van der Waals surface area contributed by atoms with Crippen LogP contribution in [0.4, 0.5) is 0 Å². The highest BCUT2D eigenvalue weighted by atomic mass is 16.5. The highest BCUT2D eigenvalue weighted by Crippen LogP contribution is 2.12. The minimum atomic E-state index is -0.269. The fourth-order valence-electron chi connectivity index (χ4n) is 6.21. The van der Waals surface area contributed by atoms with Crippen LogP contribution in [0.5, 0.6) is 0 Å². The third-order valence-corrected chi connectivity index (χ3v) is 9.54. The van der Waals surface area contributed by atoms with Crippen molar-refractivity contribution >= 4 is 11.8 Å². The molecule has 6 nitrogen and oxygen atoms in total. The van der Waals surface area contributed by atoms with Gasteiger partial charge < -0.3 is 20.5 Å². The van der Waals surface area contributed by atoms with Gasteiger partial charge in [0.25, 0.3) is 0 Å². The zero-order valence-electron chi connectivity index (χ0n) is 33.0. The van der Waals surface area contributed by atoms with Gasteiger partial charge in [-0.3, -0.25) is 9.59 Å². The number of hydrogen-bond donors (Lipinski definition) is 1. The molecule has 0 unspecified atom stereocenters. The predicted molar refractivity (Wildman–Crippen MR) is 214 cm³/mol. The lowest BCUT2D eigenvalue weighted by molar-refractivity contribution is -0.128. The van der Waals surface area contributed by atoms with Crippen molar-refractivity contribution < 1.29 is 9.59 Å². The Morgan fingerprint density at radius 2 is 0.878 bits per heavy atom. The molecule has 0 atom stereocenters. The maximum absolute atomic E-state index is 12.2. The molecule has 0 aromatic heterocycles. The van der Waals surface area contributed by atoms with Gasteiger partial charge in [-0.2, -0.15) is 0 Å². The van der Waals surface area contributed by atoms with E-state index in [-0.39, 0.29) is 18.4 Å². The van der Waals surface area contributed by atoms with Crippen LogP contribution in [0, 0.1) is 5.21 Å². The minimum absolute atomic E-state index is 0.159. The zero-order valence-corrected chi connectivity index (χ0v) is 33.0. The molecular formula is C43H82N3O3-. The summed E-state index contributed by atoms with van der Waals surface area (Å²) in [6.07, 6.45) is 44.4. The molecule has 2 amide bonds. The molecule has 0 aliphatic heterocycles. The molecular weight excluding hydrogens is 606 g/mol. The highest BCUT2D eigenvalue weighted by molar-refractivity contribution is 5.76. The molecule has 0 bridgehead atoms. The Morgan fingerprint density at radius 1 is 0.490 bits per heavy atom. The summed E-state index contributed by atoms with van der Waals surface area (Å²) < 4.78 is 0. The molecule has 0 aliphatic carbocycles. The number of hydroxylamine groups is 2. The van der Waals surface area contributed by atoms with Crippen molar-refractivity contribution in [2.45, 2.75) is 206 Å². The SMILES string of the molecule is CCCCCCCC/C=C/CCCCCCCC(=O)NCCCN(C)CCCN([O-])C(=O)CCCCCCC/C=C/CCCCCCCC. The molecule has 0 aromatic rings. The largest absolute Gasteiger partial charge is 0.756 e. The first-order valence-electron chi connectivity index (χ1n) is 21.2. The van der Waals surface area contributed by atoms with Crippen LogP contribution in [-0.4, -0.2) is 55.0 Å². The molecule has 0 saturated heterocycles. The van der Waals surface area contributed by atoms with E-state index >= 15 is 0 Å². The van der Waals surface area contributed by atoms with Crippen LogP contribution in [0.2, 0.25) is 0 Å². The topological polar surface area (TPSA) is 75.7 Å². The van der Waals surface area contributed by atoms with Crippen LogP contribution in [0.1, 0.15) is 206 Å². The number of carbonyl (C=O) groups is 2. The summed E-state index contributed by atoms with van der Waals surface area (Å²) in [4.78, 5) is 26.5. The smallest absolute Gasteiger partial charge is 0.219 e. The molecule has 0 aliphatic rings. The van der Waals surface area contributed by atoms with Crippen LogP contribution in [0.25, 0.3) is 0 Å². The summed E-state index contributed by atoms with van der Waals surface area (Å²) in [6.45, 7) is 7.14.